The molecule has 0 fully saturated rings. The van der Waals surface area contributed by atoms with E-state index in [1.54, 1.807) is 0 Å². The van der Waals surface area contributed by atoms with Gasteiger partial charge in [0.05, 0.1) is 22.4 Å². The van der Waals surface area contributed by atoms with Crippen LogP contribution in [0.4, 0.5) is 0 Å². The lowest BCUT2D eigenvalue weighted by molar-refractivity contribution is 0.889. The summed E-state index contributed by atoms with van der Waals surface area (Å²) >= 11 is 3.47. The summed E-state index contributed by atoms with van der Waals surface area (Å²) in [5.41, 5.74) is 7.72. The van der Waals surface area contributed by atoms with Gasteiger partial charge >= 0.3 is 0 Å². The van der Waals surface area contributed by atoms with Gasteiger partial charge in [-0.15, -0.1) is 0 Å². The molecule has 4 heteroatoms. The number of aryl methyl sites for hydroxylation is 1. The zero-order valence-electron chi connectivity index (χ0n) is 7.29. The van der Waals surface area contributed by atoms with Crippen LogP contribution in [0.3, 0.4) is 0 Å². The number of hydrogen-bond acceptors (Lipinski definition) is 2. The Kier molecular flexibility index (Phi) is 2.09. The van der Waals surface area contributed by atoms with Crippen LogP contribution in [0.5, 0.6) is 0 Å². The highest BCUT2D eigenvalue weighted by atomic mass is 79.9. The summed E-state index contributed by atoms with van der Waals surface area (Å²) in [4.78, 5) is 4.38. The molecule has 0 aliphatic carbocycles. The Morgan fingerprint density at radius 2 is 2.31 bits per heavy atom. The van der Waals surface area contributed by atoms with E-state index in [4.69, 9.17) is 5.73 Å². The van der Waals surface area contributed by atoms with Gasteiger partial charge in [-0.25, -0.2) is 4.98 Å². The van der Waals surface area contributed by atoms with Gasteiger partial charge in [0.15, 0.2) is 0 Å². The van der Waals surface area contributed by atoms with Gasteiger partial charge in [0.1, 0.15) is 5.82 Å². The molecule has 0 unspecified atom stereocenters. The number of nitrogens with zero attached hydrogens (tertiary/aromatic N) is 2. The Labute approximate surface area is 84.7 Å². The Bertz CT molecular complexity index is 447. The van der Waals surface area contributed by atoms with Crippen molar-refractivity contribution in [2.75, 3.05) is 0 Å². The maximum Gasteiger partial charge on any atom is 0.128 e. The normalized spacial score (nSPS) is 11.0. The van der Waals surface area contributed by atoms with Gasteiger partial charge in [-0.1, -0.05) is 6.07 Å². The Hall–Kier alpha value is -0.870. The van der Waals surface area contributed by atoms with E-state index in [1.165, 1.54) is 0 Å². The molecule has 2 N–H and O–H groups in total. The van der Waals surface area contributed by atoms with E-state index in [2.05, 4.69) is 20.9 Å². The van der Waals surface area contributed by atoms with Crippen LogP contribution < -0.4 is 5.73 Å². The second-order valence-electron chi connectivity index (χ2n) is 2.89. The highest BCUT2D eigenvalue weighted by Crippen LogP contribution is 2.18. The first-order valence-corrected chi connectivity index (χ1v) is 4.86. The number of fused-ring (bicyclic) bond motifs is 1. The third-order valence-electron chi connectivity index (χ3n) is 2.05. The van der Waals surface area contributed by atoms with E-state index in [0.717, 1.165) is 21.6 Å². The minimum absolute atomic E-state index is 0.456. The molecule has 0 atom stereocenters. The Morgan fingerprint density at radius 3 is 3.00 bits per heavy atom. The van der Waals surface area contributed by atoms with Crippen molar-refractivity contribution >= 4 is 21.4 Å². The second-order valence-corrected chi connectivity index (χ2v) is 3.70. The Balaban J connectivity index is 2.89. The van der Waals surface area contributed by atoms with Crippen molar-refractivity contribution < 1.29 is 0 Å². The fraction of sp³-hybridized carbons (Fsp3) is 0.222. The molecule has 0 amide bonds. The number of nitrogens with two attached hydrogens (primary N) is 1. The van der Waals surface area contributed by atoms with Crippen LogP contribution in [0.25, 0.3) is 5.52 Å². The molecule has 2 aromatic rings. The molecule has 68 valence electrons. The van der Waals surface area contributed by atoms with Crippen LogP contribution in [0.15, 0.2) is 22.8 Å². The summed E-state index contributed by atoms with van der Waals surface area (Å²) in [6.07, 6.45) is 0. The average Bonchev–Trinajstić information content (AvgIpc) is 2.45. The maximum atomic E-state index is 5.59. The van der Waals surface area contributed by atoms with Crippen LogP contribution >= 0.6 is 15.9 Å². The molecule has 13 heavy (non-hydrogen) atoms. The van der Waals surface area contributed by atoms with Crippen LogP contribution in [0, 0.1) is 6.92 Å². The van der Waals surface area contributed by atoms with Crippen molar-refractivity contribution in [3.05, 3.63) is 34.3 Å². The highest BCUT2D eigenvalue weighted by Gasteiger charge is 2.07. The summed E-state index contributed by atoms with van der Waals surface area (Å²) in [6.45, 7) is 2.44. The lowest BCUT2D eigenvalue weighted by Gasteiger charge is -2.00. The van der Waals surface area contributed by atoms with Gasteiger partial charge in [-0.2, -0.15) is 0 Å². The van der Waals surface area contributed by atoms with Crippen LogP contribution in [-0.2, 0) is 6.54 Å². The van der Waals surface area contributed by atoms with Gasteiger partial charge in [0.2, 0.25) is 0 Å². The van der Waals surface area contributed by atoms with Crippen molar-refractivity contribution in [2.24, 2.45) is 5.73 Å². The predicted molar refractivity (Wildman–Crippen MR) is 55.5 cm³/mol. The number of halogens is 1. The summed E-state index contributed by atoms with van der Waals surface area (Å²) in [6, 6.07) is 6.01. The molecule has 0 saturated heterocycles. The van der Waals surface area contributed by atoms with E-state index in [1.807, 2.05) is 29.5 Å². The van der Waals surface area contributed by atoms with E-state index >= 15 is 0 Å². The number of aromatic nitrogens is 2. The molecule has 2 aromatic heterocycles. The van der Waals surface area contributed by atoms with E-state index < -0.39 is 0 Å². The molecular weight excluding hydrogens is 230 g/mol. The zero-order valence-corrected chi connectivity index (χ0v) is 8.87. The quantitative estimate of drug-likeness (QED) is 0.773. The third kappa shape index (κ3) is 1.26. The molecule has 0 aromatic carbocycles. The minimum Gasteiger partial charge on any atom is -0.324 e. The predicted octanol–water partition coefficient (Wildman–Crippen LogP) is 1.86. The van der Waals surface area contributed by atoms with Crippen LogP contribution in [0.2, 0.25) is 0 Å². The lowest BCUT2D eigenvalue weighted by atomic mass is 10.3. The summed E-state index contributed by atoms with van der Waals surface area (Å²) in [5, 5.41) is 0. The number of rotatable bonds is 1. The maximum absolute atomic E-state index is 5.59. The first-order valence-electron chi connectivity index (χ1n) is 4.06. The van der Waals surface area contributed by atoms with E-state index in [9.17, 15) is 0 Å². The minimum atomic E-state index is 0.456. The molecule has 2 rings (SSSR count). The third-order valence-corrected chi connectivity index (χ3v) is 2.67. The van der Waals surface area contributed by atoms with E-state index in [0.29, 0.717) is 6.54 Å². The Morgan fingerprint density at radius 1 is 1.54 bits per heavy atom. The summed E-state index contributed by atoms with van der Waals surface area (Å²) in [5.74, 6) is 0.889. The molecule has 0 saturated carbocycles. The lowest BCUT2D eigenvalue weighted by Crippen LogP contribution is -2.03. The van der Waals surface area contributed by atoms with Crippen molar-refractivity contribution in [1.82, 2.24) is 9.38 Å². The molecule has 2 heterocycles. The van der Waals surface area contributed by atoms with E-state index in [-0.39, 0.29) is 0 Å². The molecule has 0 bridgehead atoms. The van der Waals surface area contributed by atoms with Crippen LogP contribution in [-0.4, -0.2) is 9.38 Å². The SMILES string of the molecule is Cc1nc(CN)n2c(Br)cccc12. The average molecular weight is 240 g/mol. The van der Waals surface area contributed by atoms with Gasteiger partial charge < -0.3 is 5.73 Å². The number of imidazole rings is 1. The summed E-state index contributed by atoms with van der Waals surface area (Å²) in [7, 11) is 0. The number of hydrogen-bond donors (Lipinski definition) is 1. The fourth-order valence-corrected chi connectivity index (χ4v) is 2.01. The van der Waals surface area contributed by atoms with Crippen molar-refractivity contribution in [2.45, 2.75) is 13.5 Å². The monoisotopic (exact) mass is 239 g/mol. The molecule has 0 radical (unpaired) electrons. The fourth-order valence-electron chi connectivity index (χ4n) is 1.47. The van der Waals surface area contributed by atoms with Gasteiger partial charge in [-0.05, 0) is 35.0 Å². The van der Waals surface area contributed by atoms with Crippen molar-refractivity contribution in [3.63, 3.8) is 0 Å². The largest absolute Gasteiger partial charge is 0.324 e. The summed E-state index contributed by atoms with van der Waals surface area (Å²) < 4.78 is 3.01. The van der Waals surface area contributed by atoms with Gasteiger partial charge in [0, 0.05) is 0 Å². The molecule has 3 nitrogen and oxygen atoms in total. The topological polar surface area (TPSA) is 43.3 Å². The van der Waals surface area contributed by atoms with Crippen LogP contribution in [0.1, 0.15) is 11.5 Å². The molecule has 0 aliphatic rings. The standard InChI is InChI=1S/C9H10BrN3/c1-6-7-3-2-4-8(10)13(7)9(5-11)12-6/h2-4H,5,11H2,1H3. The number of pyridine rings is 1. The first kappa shape index (κ1) is 8.72. The molecule has 0 aliphatic heterocycles. The first-order chi connectivity index (χ1) is 6.24. The van der Waals surface area contributed by atoms with Gasteiger partial charge in [-0.3, -0.25) is 4.40 Å². The smallest absolute Gasteiger partial charge is 0.128 e. The molecular formula is C9H10BrN3. The highest BCUT2D eigenvalue weighted by molar-refractivity contribution is 9.10. The molecule has 0 spiro atoms. The van der Waals surface area contributed by atoms with Gasteiger partial charge in [0.25, 0.3) is 0 Å². The zero-order chi connectivity index (χ0) is 9.42. The second kappa shape index (κ2) is 3.12. The van der Waals surface area contributed by atoms with Crippen molar-refractivity contribution in [3.8, 4) is 0 Å². The van der Waals surface area contributed by atoms with Crippen molar-refractivity contribution in [1.29, 1.82) is 0 Å².